The number of ether oxygens (including phenoxy) is 1. The summed E-state index contributed by atoms with van der Waals surface area (Å²) in [6.45, 7) is 4.16. The number of aromatic nitrogens is 2. The zero-order valence-electron chi connectivity index (χ0n) is 15.9. The fourth-order valence-corrected chi connectivity index (χ4v) is 3.76. The highest BCUT2D eigenvalue weighted by Gasteiger charge is 2.37. The topological polar surface area (TPSA) is 96.5 Å². The summed E-state index contributed by atoms with van der Waals surface area (Å²) < 4.78 is 6.06. The van der Waals surface area contributed by atoms with Gasteiger partial charge in [-0.05, 0) is 38.2 Å². The number of rotatable bonds is 6. The summed E-state index contributed by atoms with van der Waals surface area (Å²) in [5, 5.41) is 6.18. The van der Waals surface area contributed by atoms with Crippen LogP contribution in [0.1, 0.15) is 39.0 Å². The molecule has 3 atom stereocenters. The molecule has 1 aliphatic carbocycles. The zero-order chi connectivity index (χ0) is 19.1. The van der Waals surface area contributed by atoms with Gasteiger partial charge in [0.15, 0.2) is 0 Å². The van der Waals surface area contributed by atoms with Crippen LogP contribution in [-0.2, 0) is 14.3 Å². The van der Waals surface area contributed by atoms with E-state index in [4.69, 9.17) is 4.74 Å². The molecule has 2 heterocycles. The van der Waals surface area contributed by atoms with E-state index in [1.165, 1.54) is 0 Å². The van der Waals surface area contributed by atoms with E-state index < -0.39 is 0 Å². The van der Waals surface area contributed by atoms with Crippen LogP contribution in [0.15, 0.2) is 18.5 Å². The molecule has 1 saturated heterocycles. The Kier molecular flexibility index (Phi) is 6.98. The molecule has 8 heteroatoms. The number of nitrogens with zero attached hydrogens (tertiary/aromatic N) is 3. The SMILES string of the molecule is CCCO[C@H]1C[C@@H](C(=O)N2CCCNC(=O)C2)CC[C@@H]1Nc1ncccn1. The molecule has 1 saturated carbocycles. The second-order valence-electron chi connectivity index (χ2n) is 7.21. The van der Waals surface area contributed by atoms with Crippen LogP contribution in [0.3, 0.4) is 0 Å². The molecule has 2 amide bonds. The lowest BCUT2D eigenvalue weighted by atomic mass is 9.82. The van der Waals surface area contributed by atoms with Gasteiger partial charge in [-0.1, -0.05) is 6.92 Å². The summed E-state index contributed by atoms with van der Waals surface area (Å²) in [5.74, 6) is 0.483. The van der Waals surface area contributed by atoms with Crippen LogP contribution in [0.2, 0.25) is 0 Å². The van der Waals surface area contributed by atoms with Crippen molar-refractivity contribution in [2.24, 2.45) is 5.92 Å². The largest absolute Gasteiger partial charge is 0.376 e. The molecule has 2 N–H and O–H groups in total. The molecule has 2 fully saturated rings. The Labute approximate surface area is 160 Å². The number of anilines is 1. The Morgan fingerprint density at radius 3 is 2.96 bits per heavy atom. The maximum absolute atomic E-state index is 13.0. The molecule has 1 aromatic rings. The smallest absolute Gasteiger partial charge is 0.239 e. The van der Waals surface area contributed by atoms with Crippen molar-refractivity contribution in [3.8, 4) is 0 Å². The van der Waals surface area contributed by atoms with E-state index in [0.717, 1.165) is 25.7 Å². The molecular weight excluding hydrogens is 346 g/mol. The van der Waals surface area contributed by atoms with Crippen molar-refractivity contribution >= 4 is 17.8 Å². The minimum Gasteiger partial charge on any atom is -0.376 e. The Morgan fingerprint density at radius 1 is 1.37 bits per heavy atom. The second-order valence-corrected chi connectivity index (χ2v) is 7.21. The van der Waals surface area contributed by atoms with Crippen molar-refractivity contribution in [3.05, 3.63) is 18.5 Å². The maximum Gasteiger partial charge on any atom is 0.239 e. The monoisotopic (exact) mass is 375 g/mol. The summed E-state index contributed by atoms with van der Waals surface area (Å²) >= 11 is 0. The number of carbonyl (C=O) groups excluding carboxylic acids is 2. The molecule has 8 nitrogen and oxygen atoms in total. The van der Waals surface area contributed by atoms with E-state index in [-0.39, 0.29) is 36.4 Å². The lowest BCUT2D eigenvalue weighted by Gasteiger charge is -2.37. The second kappa shape index (κ2) is 9.64. The zero-order valence-corrected chi connectivity index (χ0v) is 15.9. The molecule has 0 spiro atoms. The van der Waals surface area contributed by atoms with Crippen LogP contribution in [0.4, 0.5) is 5.95 Å². The molecule has 148 valence electrons. The third kappa shape index (κ3) is 5.38. The van der Waals surface area contributed by atoms with Gasteiger partial charge in [0.1, 0.15) is 0 Å². The molecule has 1 aromatic heterocycles. The summed E-state index contributed by atoms with van der Waals surface area (Å²) in [7, 11) is 0. The Morgan fingerprint density at radius 2 is 2.19 bits per heavy atom. The van der Waals surface area contributed by atoms with Crippen LogP contribution < -0.4 is 10.6 Å². The molecule has 2 aliphatic rings. The van der Waals surface area contributed by atoms with Crippen molar-refractivity contribution in [1.29, 1.82) is 0 Å². The third-order valence-electron chi connectivity index (χ3n) is 5.13. The first-order chi connectivity index (χ1) is 13.2. The number of carbonyl (C=O) groups is 2. The van der Waals surface area contributed by atoms with Gasteiger partial charge in [-0.2, -0.15) is 0 Å². The van der Waals surface area contributed by atoms with Crippen LogP contribution in [0.25, 0.3) is 0 Å². The molecule has 27 heavy (non-hydrogen) atoms. The van der Waals surface area contributed by atoms with Crippen LogP contribution in [0.5, 0.6) is 0 Å². The van der Waals surface area contributed by atoms with Gasteiger partial charge >= 0.3 is 0 Å². The van der Waals surface area contributed by atoms with Gasteiger partial charge in [0, 0.05) is 38.0 Å². The van der Waals surface area contributed by atoms with E-state index in [0.29, 0.717) is 32.1 Å². The fourth-order valence-electron chi connectivity index (χ4n) is 3.76. The van der Waals surface area contributed by atoms with Gasteiger partial charge < -0.3 is 20.3 Å². The quantitative estimate of drug-likeness (QED) is 0.776. The van der Waals surface area contributed by atoms with E-state index in [1.807, 2.05) is 0 Å². The van der Waals surface area contributed by atoms with Crippen molar-refractivity contribution < 1.29 is 14.3 Å². The average Bonchev–Trinajstić information content (AvgIpc) is 2.92. The summed E-state index contributed by atoms with van der Waals surface area (Å²) in [6, 6.07) is 1.86. The average molecular weight is 375 g/mol. The minimum atomic E-state index is -0.104. The van der Waals surface area contributed by atoms with Crippen molar-refractivity contribution in [3.63, 3.8) is 0 Å². The molecular formula is C19H29N5O3. The minimum absolute atomic E-state index is 0.0720. The van der Waals surface area contributed by atoms with Crippen LogP contribution in [-0.4, -0.2) is 65.1 Å². The highest BCUT2D eigenvalue weighted by molar-refractivity contribution is 5.86. The first-order valence-corrected chi connectivity index (χ1v) is 9.88. The van der Waals surface area contributed by atoms with Crippen molar-refractivity contribution in [1.82, 2.24) is 20.2 Å². The van der Waals surface area contributed by atoms with E-state index in [2.05, 4.69) is 27.5 Å². The predicted molar refractivity (Wildman–Crippen MR) is 101 cm³/mol. The van der Waals surface area contributed by atoms with Gasteiger partial charge in [-0.3, -0.25) is 9.59 Å². The first kappa shape index (κ1) is 19.5. The van der Waals surface area contributed by atoms with Crippen molar-refractivity contribution in [2.75, 3.05) is 31.6 Å². The molecule has 0 aromatic carbocycles. The van der Waals surface area contributed by atoms with Crippen molar-refractivity contribution in [2.45, 2.75) is 51.2 Å². The molecule has 1 aliphatic heterocycles. The Bertz CT molecular complexity index is 627. The fraction of sp³-hybridized carbons (Fsp3) is 0.684. The van der Waals surface area contributed by atoms with Gasteiger partial charge in [0.05, 0.1) is 18.7 Å². The molecule has 0 radical (unpaired) electrons. The van der Waals surface area contributed by atoms with Gasteiger partial charge in [-0.25, -0.2) is 9.97 Å². The lowest BCUT2D eigenvalue weighted by Crippen LogP contribution is -2.47. The van der Waals surface area contributed by atoms with E-state index in [9.17, 15) is 9.59 Å². The van der Waals surface area contributed by atoms with Gasteiger partial charge in [0.2, 0.25) is 17.8 Å². The number of amides is 2. The number of hydrogen-bond acceptors (Lipinski definition) is 6. The van der Waals surface area contributed by atoms with Crippen LogP contribution >= 0.6 is 0 Å². The summed E-state index contributed by atoms with van der Waals surface area (Å²) in [5.41, 5.74) is 0. The van der Waals surface area contributed by atoms with Gasteiger partial charge in [0.25, 0.3) is 0 Å². The number of nitrogens with one attached hydrogen (secondary N) is 2. The maximum atomic E-state index is 13.0. The van der Waals surface area contributed by atoms with E-state index in [1.54, 1.807) is 23.4 Å². The predicted octanol–water partition coefficient (Wildman–Crippen LogP) is 1.20. The summed E-state index contributed by atoms with van der Waals surface area (Å²) in [6.07, 6.45) is 7.30. The molecule has 0 unspecified atom stereocenters. The normalized spacial score (nSPS) is 26.2. The highest BCUT2D eigenvalue weighted by Crippen LogP contribution is 2.30. The van der Waals surface area contributed by atoms with Gasteiger partial charge in [-0.15, -0.1) is 0 Å². The first-order valence-electron chi connectivity index (χ1n) is 9.88. The van der Waals surface area contributed by atoms with E-state index >= 15 is 0 Å². The van der Waals surface area contributed by atoms with Crippen LogP contribution in [0, 0.1) is 5.92 Å². The number of hydrogen-bond donors (Lipinski definition) is 2. The molecule has 3 rings (SSSR count). The molecule has 0 bridgehead atoms. The highest BCUT2D eigenvalue weighted by atomic mass is 16.5. The standard InChI is InChI=1S/C19H29N5O3/c1-2-11-27-16-12-14(18(26)24-10-4-9-20-17(25)13-24)5-6-15(16)23-19-21-7-3-8-22-19/h3,7-8,14-16H,2,4-6,9-13H2,1H3,(H,20,25)(H,21,22,23)/t14-,15-,16-/m0/s1. The Hall–Kier alpha value is -2.22. The lowest BCUT2D eigenvalue weighted by molar-refractivity contribution is -0.141. The Balaban J connectivity index is 1.63. The summed E-state index contributed by atoms with van der Waals surface area (Å²) in [4.78, 5) is 34.9. The third-order valence-corrected chi connectivity index (χ3v) is 5.13.